The van der Waals surface area contributed by atoms with E-state index in [0.717, 1.165) is 24.1 Å². The number of Topliss-reactive ketones (excluding diaryl/α,β-unsaturated/α-hetero) is 1. The van der Waals surface area contributed by atoms with Gasteiger partial charge in [0.05, 0.1) is 6.04 Å². The lowest BCUT2D eigenvalue weighted by atomic mass is 9.81. The quantitative estimate of drug-likeness (QED) is 0.452. The van der Waals surface area contributed by atoms with Crippen LogP contribution in [-0.4, -0.2) is 72.8 Å². The van der Waals surface area contributed by atoms with Gasteiger partial charge in [0.2, 0.25) is 0 Å². The summed E-state index contributed by atoms with van der Waals surface area (Å²) in [7, 11) is 0. The molecule has 8 heteroatoms. The van der Waals surface area contributed by atoms with Crippen molar-refractivity contribution < 1.29 is 23.5 Å². The molecule has 3 aliphatic heterocycles. The second-order valence-corrected chi connectivity index (χ2v) is 10.1. The number of hydrogen-bond donors (Lipinski definition) is 0. The van der Waals surface area contributed by atoms with Crippen molar-refractivity contribution in [1.82, 2.24) is 9.80 Å². The number of carbonyl (C=O) groups is 3. The Morgan fingerprint density at radius 1 is 1.11 bits per heavy atom. The molecule has 0 saturated carbocycles. The van der Waals surface area contributed by atoms with Gasteiger partial charge in [-0.25, -0.2) is 9.18 Å². The van der Waals surface area contributed by atoms with Crippen LogP contribution in [0, 0.1) is 11.7 Å². The van der Waals surface area contributed by atoms with E-state index in [1.54, 1.807) is 11.0 Å². The van der Waals surface area contributed by atoms with Gasteiger partial charge in [-0.15, -0.1) is 0 Å². The molecule has 3 saturated heterocycles. The van der Waals surface area contributed by atoms with Crippen molar-refractivity contribution in [2.45, 2.75) is 44.3 Å². The number of hydrogen-bond acceptors (Lipinski definition) is 6. The van der Waals surface area contributed by atoms with E-state index in [0.29, 0.717) is 51.2 Å². The number of aldehydes is 1. The minimum absolute atomic E-state index is 0.00297. The van der Waals surface area contributed by atoms with E-state index >= 15 is 4.39 Å². The fourth-order valence-corrected chi connectivity index (χ4v) is 5.86. The predicted octanol–water partition coefficient (Wildman–Crippen LogP) is 3.62. The minimum atomic E-state index is -0.454. The zero-order chi connectivity index (χ0) is 25.2. The fourth-order valence-electron chi connectivity index (χ4n) is 5.86. The Morgan fingerprint density at radius 2 is 1.92 bits per heavy atom. The van der Waals surface area contributed by atoms with Gasteiger partial charge in [-0.1, -0.05) is 36.4 Å². The number of ketones is 1. The molecular formula is C28H32FN3O4. The molecule has 0 bridgehead atoms. The van der Waals surface area contributed by atoms with E-state index in [1.807, 2.05) is 42.5 Å². The highest BCUT2D eigenvalue weighted by Crippen LogP contribution is 2.36. The molecule has 0 aliphatic carbocycles. The van der Waals surface area contributed by atoms with Crippen LogP contribution >= 0.6 is 0 Å². The standard InChI is InChI=1S/C28H32FN3O4/c1-19-7-10-24(20-5-3-2-4-6-20)25(27(34)17-33)16-31(19)14-21-8-9-22(13-26(21)29)30-11-12-32-23(15-30)18-36-28(32)35/h2-6,8-9,13,17,19,23-25H,7,10-12,14-16,18H2,1H3. The Bertz CT molecular complexity index is 1130. The van der Waals surface area contributed by atoms with Gasteiger partial charge in [-0.05, 0) is 43.4 Å². The minimum Gasteiger partial charge on any atom is -0.447 e. The highest BCUT2D eigenvalue weighted by molar-refractivity contribution is 6.26. The summed E-state index contributed by atoms with van der Waals surface area (Å²) in [6.45, 7) is 5.06. The third-order valence-electron chi connectivity index (χ3n) is 8.04. The number of piperazine rings is 1. The van der Waals surface area contributed by atoms with Crippen LogP contribution in [0.3, 0.4) is 0 Å². The van der Waals surface area contributed by atoms with E-state index in [4.69, 9.17) is 4.74 Å². The molecular weight excluding hydrogens is 461 g/mol. The third kappa shape index (κ3) is 4.87. The van der Waals surface area contributed by atoms with Crippen LogP contribution in [0.4, 0.5) is 14.9 Å². The van der Waals surface area contributed by atoms with Crippen LogP contribution in [0.15, 0.2) is 48.5 Å². The molecule has 4 atom stereocenters. The summed E-state index contributed by atoms with van der Waals surface area (Å²) < 4.78 is 20.5. The monoisotopic (exact) mass is 493 g/mol. The van der Waals surface area contributed by atoms with Crippen LogP contribution < -0.4 is 4.90 Å². The largest absolute Gasteiger partial charge is 0.447 e. The maximum atomic E-state index is 15.3. The molecule has 2 aromatic rings. The number of likely N-dealkylation sites (tertiary alicyclic amines) is 1. The molecule has 2 aromatic carbocycles. The lowest BCUT2D eigenvalue weighted by Crippen LogP contribution is -2.52. The van der Waals surface area contributed by atoms with Crippen molar-refractivity contribution in [2.24, 2.45) is 5.92 Å². The first-order valence-corrected chi connectivity index (χ1v) is 12.7. The Hall–Kier alpha value is -3.26. The number of ether oxygens (including phenoxy) is 1. The van der Waals surface area contributed by atoms with Gasteiger partial charge in [-0.3, -0.25) is 19.4 Å². The number of carbonyl (C=O) groups excluding carboxylic acids is 3. The second kappa shape index (κ2) is 10.4. The summed E-state index contributed by atoms with van der Waals surface area (Å²) in [5.41, 5.74) is 2.42. The second-order valence-electron chi connectivity index (χ2n) is 10.1. The van der Waals surface area contributed by atoms with Crippen LogP contribution in [-0.2, 0) is 20.9 Å². The smallest absolute Gasteiger partial charge is 0.410 e. The lowest BCUT2D eigenvalue weighted by Gasteiger charge is -2.37. The predicted molar refractivity (Wildman–Crippen MR) is 133 cm³/mol. The van der Waals surface area contributed by atoms with E-state index in [1.165, 1.54) is 0 Å². The molecule has 0 N–H and O–H groups in total. The number of benzene rings is 2. The summed E-state index contributed by atoms with van der Waals surface area (Å²) in [5.74, 6) is -1.17. The van der Waals surface area contributed by atoms with Gasteiger partial charge in [0, 0.05) is 55.9 Å². The Morgan fingerprint density at radius 3 is 2.67 bits per heavy atom. The average Bonchev–Trinajstić information content (AvgIpc) is 3.19. The normalized spacial score (nSPS) is 26.8. The van der Waals surface area contributed by atoms with Crippen molar-refractivity contribution >= 4 is 23.9 Å². The van der Waals surface area contributed by atoms with Gasteiger partial charge < -0.3 is 9.64 Å². The highest BCUT2D eigenvalue weighted by Gasteiger charge is 2.38. The maximum Gasteiger partial charge on any atom is 0.410 e. The van der Waals surface area contributed by atoms with Crippen molar-refractivity contribution in [3.05, 3.63) is 65.5 Å². The van der Waals surface area contributed by atoms with Crippen molar-refractivity contribution in [2.75, 3.05) is 37.7 Å². The first-order valence-electron chi connectivity index (χ1n) is 12.7. The van der Waals surface area contributed by atoms with Gasteiger partial charge >= 0.3 is 6.09 Å². The van der Waals surface area contributed by atoms with Crippen molar-refractivity contribution in [3.8, 4) is 0 Å². The molecule has 5 rings (SSSR count). The summed E-state index contributed by atoms with van der Waals surface area (Å²) in [4.78, 5) is 41.9. The third-order valence-corrected chi connectivity index (χ3v) is 8.04. The number of halogens is 1. The zero-order valence-electron chi connectivity index (χ0n) is 20.5. The molecule has 1 amide bonds. The van der Waals surface area contributed by atoms with E-state index in [2.05, 4.69) is 16.7 Å². The molecule has 0 radical (unpaired) electrons. The first kappa shape index (κ1) is 24.4. The summed E-state index contributed by atoms with van der Waals surface area (Å²) >= 11 is 0. The van der Waals surface area contributed by atoms with Gasteiger partial charge in [0.15, 0.2) is 12.1 Å². The summed E-state index contributed by atoms with van der Waals surface area (Å²) in [6.07, 6.45) is 1.82. The first-order chi connectivity index (χ1) is 17.4. The van der Waals surface area contributed by atoms with E-state index in [-0.39, 0.29) is 29.9 Å². The van der Waals surface area contributed by atoms with Crippen LogP contribution in [0.5, 0.6) is 0 Å². The molecule has 0 spiro atoms. The molecule has 0 aromatic heterocycles. The number of rotatable bonds is 6. The van der Waals surface area contributed by atoms with Gasteiger partial charge in [0.1, 0.15) is 12.4 Å². The molecule has 3 heterocycles. The topological polar surface area (TPSA) is 70.2 Å². The Kier molecular flexibility index (Phi) is 7.05. The molecule has 7 nitrogen and oxygen atoms in total. The van der Waals surface area contributed by atoms with E-state index < -0.39 is 11.7 Å². The van der Waals surface area contributed by atoms with Crippen LogP contribution in [0.2, 0.25) is 0 Å². The van der Waals surface area contributed by atoms with Gasteiger partial charge in [0.25, 0.3) is 0 Å². The summed E-state index contributed by atoms with van der Waals surface area (Å²) in [6, 6.07) is 15.3. The molecule has 36 heavy (non-hydrogen) atoms. The number of anilines is 1. The van der Waals surface area contributed by atoms with Crippen LogP contribution in [0.1, 0.15) is 36.8 Å². The number of nitrogens with zero attached hydrogens (tertiary/aromatic N) is 3. The molecule has 3 fully saturated rings. The van der Waals surface area contributed by atoms with E-state index in [9.17, 15) is 14.4 Å². The van der Waals surface area contributed by atoms with Crippen molar-refractivity contribution in [1.29, 1.82) is 0 Å². The highest BCUT2D eigenvalue weighted by atomic mass is 19.1. The lowest BCUT2D eigenvalue weighted by molar-refractivity contribution is -0.133. The maximum absolute atomic E-state index is 15.3. The Balaban J connectivity index is 1.31. The number of fused-ring (bicyclic) bond motifs is 1. The SMILES string of the molecule is CC1CCC(c2ccccc2)C(C(=O)C=O)CN1Cc1ccc(N2CCN3C(=O)OCC3C2)cc1F. The number of cyclic esters (lactones) is 1. The summed E-state index contributed by atoms with van der Waals surface area (Å²) in [5, 5.41) is 0. The average molecular weight is 494 g/mol. The van der Waals surface area contributed by atoms with Gasteiger partial charge in [-0.2, -0.15) is 0 Å². The molecule has 190 valence electrons. The van der Waals surface area contributed by atoms with Crippen molar-refractivity contribution in [3.63, 3.8) is 0 Å². The van der Waals surface area contributed by atoms with Crippen LogP contribution in [0.25, 0.3) is 0 Å². The molecule has 3 aliphatic rings. The fraction of sp³-hybridized carbons (Fsp3) is 0.464. The zero-order valence-corrected chi connectivity index (χ0v) is 20.5. The number of amides is 1. The molecule has 4 unspecified atom stereocenters. The Labute approximate surface area is 210 Å².